The third-order valence-electron chi connectivity index (χ3n) is 3.64. The van der Waals surface area contributed by atoms with Crippen molar-refractivity contribution >= 4 is 23.9 Å². The van der Waals surface area contributed by atoms with Gasteiger partial charge in [0, 0.05) is 0 Å². The molecule has 0 aromatic heterocycles. The molecule has 0 saturated carbocycles. The third kappa shape index (κ3) is 5.04. The van der Waals surface area contributed by atoms with Gasteiger partial charge >= 0.3 is 23.9 Å². The first-order valence-electron chi connectivity index (χ1n) is 7.99. The van der Waals surface area contributed by atoms with Crippen LogP contribution in [0.3, 0.4) is 0 Å². The van der Waals surface area contributed by atoms with Gasteiger partial charge in [-0.25, -0.2) is 14.4 Å². The highest BCUT2D eigenvalue weighted by atomic mass is 16.6. The Bertz CT molecular complexity index is 889. The van der Waals surface area contributed by atoms with Crippen molar-refractivity contribution < 1.29 is 38.9 Å². The summed E-state index contributed by atoms with van der Waals surface area (Å²) in [5.74, 6) is -8.04. The van der Waals surface area contributed by atoms with Crippen LogP contribution in [0.4, 0.5) is 0 Å². The van der Waals surface area contributed by atoms with Crippen LogP contribution in [0.5, 0.6) is 0 Å². The van der Waals surface area contributed by atoms with Crippen LogP contribution >= 0.6 is 0 Å². The molecule has 0 radical (unpaired) electrons. The number of esters is 2. The Morgan fingerprint density at radius 2 is 1.21 bits per heavy atom. The van der Waals surface area contributed by atoms with Gasteiger partial charge in [-0.05, 0) is 24.3 Å². The molecule has 0 aliphatic rings. The monoisotopic (exact) mass is 384 g/mol. The van der Waals surface area contributed by atoms with Gasteiger partial charge in [0.05, 0.1) is 11.1 Å². The molecule has 144 valence electrons. The highest BCUT2D eigenvalue weighted by molar-refractivity contribution is 5.94. The molecule has 2 atom stereocenters. The van der Waals surface area contributed by atoms with E-state index in [1.807, 2.05) is 0 Å². The van der Waals surface area contributed by atoms with Crippen LogP contribution in [-0.4, -0.2) is 40.2 Å². The Kier molecular flexibility index (Phi) is 6.64. The van der Waals surface area contributed by atoms with Gasteiger partial charge in [0.1, 0.15) is 5.76 Å². The molecule has 2 aromatic carbocycles. The molecule has 2 unspecified atom stereocenters. The summed E-state index contributed by atoms with van der Waals surface area (Å²) in [6.45, 7) is 3.35. The van der Waals surface area contributed by atoms with E-state index in [0.717, 1.165) is 0 Å². The summed E-state index contributed by atoms with van der Waals surface area (Å²) in [5.41, 5.74) is 0.144. The zero-order valence-electron chi connectivity index (χ0n) is 14.5. The topological polar surface area (TPSA) is 127 Å². The summed E-state index contributed by atoms with van der Waals surface area (Å²) in [7, 11) is 0. The average Bonchev–Trinajstić information content (AvgIpc) is 2.68. The summed E-state index contributed by atoms with van der Waals surface area (Å²) in [4.78, 5) is 47.4. The quantitative estimate of drug-likeness (QED) is 0.524. The molecule has 0 amide bonds. The molecule has 0 fully saturated rings. The minimum absolute atomic E-state index is 0.0322. The molecule has 2 N–H and O–H groups in total. The maximum absolute atomic E-state index is 12.1. The van der Waals surface area contributed by atoms with Crippen molar-refractivity contribution in [2.24, 2.45) is 5.92 Å². The number of hydrogen-bond acceptors (Lipinski definition) is 6. The van der Waals surface area contributed by atoms with Crippen LogP contribution in [0.15, 0.2) is 73.0 Å². The molecule has 0 aliphatic heterocycles. The number of carboxylic acids is 2. The van der Waals surface area contributed by atoms with Crippen molar-refractivity contribution in [1.29, 1.82) is 0 Å². The summed E-state index contributed by atoms with van der Waals surface area (Å²) in [6, 6.07) is 15.1. The van der Waals surface area contributed by atoms with E-state index in [9.17, 15) is 29.4 Å². The third-order valence-corrected chi connectivity index (χ3v) is 3.64. The average molecular weight is 384 g/mol. The lowest BCUT2D eigenvalue weighted by atomic mass is 10.0. The number of aliphatic carboxylic acids is 2. The van der Waals surface area contributed by atoms with Gasteiger partial charge in [0.2, 0.25) is 6.10 Å². The van der Waals surface area contributed by atoms with Crippen LogP contribution < -0.4 is 0 Å². The molecule has 0 spiro atoms. The van der Waals surface area contributed by atoms with Gasteiger partial charge in [-0.1, -0.05) is 43.0 Å². The van der Waals surface area contributed by atoms with Gasteiger partial charge in [0.25, 0.3) is 0 Å². The van der Waals surface area contributed by atoms with E-state index in [1.54, 1.807) is 24.3 Å². The van der Waals surface area contributed by atoms with Crippen molar-refractivity contribution in [3.63, 3.8) is 0 Å². The number of ether oxygens (including phenoxy) is 2. The van der Waals surface area contributed by atoms with E-state index in [-0.39, 0.29) is 11.1 Å². The second-order valence-corrected chi connectivity index (χ2v) is 5.57. The summed E-state index contributed by atoms with van der Waals surface area (Å²) in [5, 5.41) is 18.8. The molecular weight excluding hydrogens is 368 g/mol. The van der Waals surface area contributed by atoms with Crippen LogP contribution in [0, 0.1) is 5.92 Å². The standard InChI is InChI=1S/C20H16O8/c1-12(27-19(25)13-8-4-2-5-9-13)15(17(21)22)16(18(23)24)28-20(26)14-10-6-3-7-11-14/h2-11,15-16H,1H2,(H,21,22)(H,23,24). The van der Waals surface area contributed by atoms with Gasteiger partial charge < -0.3 is 19.7 Å². The van der Waals surface area contributed by atoms with Gasteiger partial charge in [-0.15, -0.1) is 0 Å². The molecule has 28 heavy (non-hydrogen) atoms. The zero-order chi connectivity index (χ0) is 20.7. The number of hydrogen-bond donors (Lipinski definition) is 2. The van der Waals surface area contributed by atoms with E-state index in [2.05, 4.69) is 6.58 Å². The zero-order valence-corrected chi connectivity index (χ0v) is 14.5. The van der Waals surface area contributed by atoms with Crippen LogP contribution in [0.2, 0.25) is 0 Å². The minimum atomic E-state index is -2.15. The molecule has 2 aromatic rings. The van der Waals surface area contributed by atoms with E-state index in [0.29, 0.717) is 0 Å². The lowest BCUT2D eigenvalue weighted by Crippen LogP contribution is -2.40. The van der Waals surface area contributed by atoms with Gasteiger partial charge in [-0.3, -0.25) is 4.79 Å². The highest BCUT2D eigenvalue weighted by Gasteiger charge is 2.41. The lowest BCUT2D eigenvalue weighted by Gasteiger charge is -2.22. The predicted molar refractivity (Wildman–Crippen MR) is 95.4 cm³/mol. The number of benzene rings is 2. The number of carbonyl (C=O) groups is 4. The maximum atomic E-state index is 12.1. The fraction of sp³-hybridized carbons (Fsp3) is 0.100. The van der Waals surface area contributed by atoms with Crippen molar-refractivity contribution in [2.75, 3.05) is 0 Å². The fourth-order valence-corrected chi connectivity index (χ4v) is 2.27. The molecule has 0 bridgehead atoms. The number of carbonyl (C=O) groups excluding carboxylic acids is 2. The number of carboxylic acid groups (broad SMARTS) is 2. The normalized spacial score (nSPS) is 12.3. The first-order valence-corrected chi connectivity index (χ1v) is 7.99. The van der Waals surface area contributed by atoms with Crippen molar-refractivity contribution in [2.45, 2.75) is 6.10 Å². The minimum Gasteiger partial charge on any atom is -0.481 e. The highest BCUT2D eigenvalue weighted by Crippen LogP contribution is 2.22. The van der Waals surface area contributed by atoms with Crippen LogP contribution in [-0.2, 0) is 19.1 Å². The second kappa shape index (κ2) is 9.13. The van der Waals surface area contributed by atoms with Crippen molar-refractivity contribution in [3.8, 4) is 0 Å². The Labute approximate surface area is 159 Å². The summed E-state index contributed by atoms with van der Waals surface area (Å²) >= 11 is 0. The van der Waals surface area contributed by atoms with Crippen molar-refractivity contribution in [1.82, 2.24) is 0 Å². The van der Waals surface area contributed by atoms with E-state index in [4.69, 9.17) is 9.47 Å². The van der Waals surface area contributed by atoms with E-state index >= 15 is 0 Å². The predicted octanol–water partition coefficient (Wildman–Crippen LogP) is 2.37. The Balaban J connectivity index is 2.21. The lowest BCUT2D eigenvalue weighted by molar-refractivity contribution is -0.159. The molecule has 0 aliphatic carbocycles. The Morgan fingerprint density at radius 3 is 1.64 bits per heavy atom. The first-order chi connectivity index (χ1) is 13.3. The molecule has 0 saturated heterocycles. The first kappa shape index (κ1) is 20.4. The van der Waals surface area contributed by atoms with Gasteiger partial charge in [-0.2, -0.15) is 0 Å². The van der Waals surface area contributed by atoms with Crippen molar-refractivity contribution in [3.05, 3.63) is 84.1 Å². The second-order valence-electron chi connectivity index (χ2n) is 5.57. The largest absolute Gasteiger partial charge is 0.481 e. The Morgan fingerprint density at radius 1 is 0.750 bits per heavy atom. The summed E-state index contributed by atoms with van der Waals surface area (Å²) in [6.07, 6.45) is -2.15. The fourth-order valence-electron chi connectivity index (χ4n) is 2.27. The summed E-state index contributed by atoms with van der Waals surface area (Å²) < 4.78 is 9.77. The van der Waals surface area contributed by atoms with Gasteiger partial charge in [0.15, 0.2) is 5.92 Å². The smallest absolute Gasteiger partial charge is 0.346 e. The number of rotatable bonds is 8. The van der Waals surface area contributed by atoms with E-state index in [1.165, 1.54) is 36.4 Å². The Hall–Kier alpha value is -3.94. The van der Waals surface area contributed by atoms with Crippen LogP contribution in [0.25, 0.3) is 0 Å². The molecule has 0 heterocycles. The molecule has 2 rings (SSSR count). The van der Waals surface area contributed by atoms with Crippen LogP contribution in [0.1, 0.15) is 20.7 Å². The SMILES string of the molecule is C=C(OC(=O)c1ccccc1)C(C(=O)O)C(OC(=O)c1ccccc1)C(=O)O. The molecule has 8 nitrogen and oxygen atoms in total. The molecule has 8 heteroatoms. The molecular formula is C20H16O8. The van der Waals surface area contributed by atoms with E-state index < -0.39 is 41.7 Å². The maximum Gasteiger partial charge on any atom is 0.346 e.